The first-order chi connectivity index (χ1) is 2.27. The van der Waals surface area contributed by atoms with E-state index < -0.39 is 0 Å². The number of rotatable bonds is 1. The van der Waals surface area contributed by atoms with Crippen LogP contribution >= 0.6 is 0 Å². The van der Waals surface area contributed by atoms with Crippen molar-refractivity contribution in [2.24, 2.45) is 0 Å². The zero-order valence-electron chi connectivity index (χ0n) is 4.15. The van der Waals surface area contributed by atoms with Gasteiger partial charge in [0.1, 0.15) is 0 Å². The van der Waals surface area contributed by atoms with Crippen molar-refractivity contribution >= 4 is 0 Å². The second kappa shape index (κ2) is 15.7. The third-order valence-corrected chi connectivity index (χ3v) is 0.447. The topological polar surface area (TPSA) is 3.24 Å². The molecule has 1 radical (unpaired) electrons. The van der Waals surface area contributed by atoms with Crippen LogP contribution < -0.4 is 0 Å². The molecule has 0 saturated carbocycles. The van der Waals surface area contributed by atoms with Gasteiger partial charge >= 0.3 is 0 Å². The molecule has 1 nitrogen and oxygen atoms in total. The van der Waals surface area contributed by atoms with E-state index in [0.717, 1.165) is 6.54 Å². The maximum atomic E-state index is 3.48. The van der Waals surface area contributed by atoms with Gasteiger partial charge in [-0.2, -0.15) is 0 Å². The minimum atomic E-state index is 0. The van der Waals surface area contributed by atoms with Crippen molar-refractivity contribution in [2.75, 3.05) is 6.54 Å². The van der Waals surface area contributed by atoms with Crippen molar-refractivity contribution in [1.29, 1.82) is 0 Å². The maximum Gasteiger partial charge on any atom is 0 e. The van der Waals surface area contributed by atoms with Crippen molar-refractivity contribution in [3.8, 4) is 0 Å². The standard InChI is InChI=1S/C4H9N.2CH4.Y/c1-4-5(2)3;;;/h2-4H2,1H3;2*1H4;/q-2;;;. The van der Waals surface area contributed by atoms with Crippen LogP contribution in [0.15, 0.2) is 0 Å². The summed E-state index contributed by atoms with van der Waals surface area (Å²) in [6.07, 6.45) is 0. The smallest absolute Gasteiger partial charge is 0 e. The van der Waals surface area contributed by atoms with Crippen LogP contribution in [0, 0.1) is 14.1 Å². The van der Waals surface area contributed by atoms with Gasteiger partial charge < -0.3 is 19.0 Å². The zero-order valence-corrected chi connectivity index (χ0v) is 6.98. The fourth-order valence-corrected chi connectivity index (χ4v) is 0. The minimum Gasteiger partial charge on any atom is -0.611 e. The monoisotopic (exact) mass is 192 g/mol. The van der Waals surface area contributed by atoms with Crippen molar-refractivity contribution in [3.05, 3.63) is 14.1 Å². The summed E-state index contributed by atoms with van der Waals surface area (Å²) in [4.78, 5) is 1.62. The van der Waals surface area contributed by atoms with Crippen molar-refractivity contribution in [2.45, 2.75) is 21.8 Å². The van der Waals surface area contributed by atoms with Crippen molar-refractivity contribution < 1.29 is 32.7 Å². The molecule has 0 aromatic carbocycles. The Morgan fingerprint density at radius 3 is 1.38 bits per heavy atom. The first kappa shape index (κ1) is 23.0. The van der Waals surface area contributed by atoms with Gasteiger partial charge in [-0.15, -0.1) is 0 Å². The van der Waals surface area contributed by atoms with E-state index in [1.807, 2.05) is 6.92 Å². The Kier molecular flexibility index (Phi) is 45.1. The molecule has 0 saturated heterocycles. The molecule has 0 N–H and O–H groups in total. The van der Waals surface area contributed by atoms with E-state index in [2.05, 4.69) is 14.1 Å². The number of nitrogens with zero attached hydrogens (tertiary/aromatic N) is 1. The molecule has 0 aliphatic heterocycles. The quantitative estimate of drug-likeness (QED) is 0.575. The second-order valence-electron chi connectivity index (χ2n) is 0.987. The van der Waals surface area contributed by atoms with Crippen LogP contribution in [0.3, 0.4) is 0 Å². The van der Waals surface area contributed by atoms with Crippen LogP contribution in [0.1, 0.15) is 21.8 Å². The third-order valence-electron chi connectivity index (χ3n) is 0.447. The van der Waals surface area contributed by atoms with Crippen LogP contribution in [0.5, 0.6) is 0 Å². The van der Waals surface area contributed by atoms with Gasteiger partial charge in [0.15, 0.2) is 0 Å². The summed E-state index contributed by atoms with van der Waals surface area (Å²) in [6, 6.07) is 0. The predicted octanol–water partition coefficient (Wildman–Crippen LogP) is 2.16. The van der Waals surface area contributed by atoms with Crippen LogP contribution in [-0.4, -0.2) is 11.4 Å². The van der Waals surface area contributed by atoms with Crippen LogP contribution in [-0.2, 0) is 32.7 Å². The molecule has 0 bridgehead atoms. The summed E-state index contributed by atoms with van der Waals surface area (Å²) in [5, 5.41) is 0. The molecular formula is C6H17NY-2. The summed E-state index contributed by atoms with van der Waals surface area (Å²) >= 11 is 0. The van der Waals surface area contributed by atoms with E-state index >= 15 is 0 Å². The molecule has 0 unspecified atom stereocenters. The van der Waals surface area contributed by atoms with Crippen LogP contribution in [0.4, 0.5) is 0 Å². The Morgan fingerprint density at radius 2 is 1.38 bits per heavy atom. The normalized spacial score (nSPS) is 6.00. The van der Waals surface area contributed by atoms with Crippen LogP contribution in [0.2, 0.25) is 0 Å². The van der Waals surface area contributed by atoms with Gasteiger partial charge in [0.05, 0.1) is 0 Å². The van der Waals surface area contributed by atoms with E-state index in [4.69, 9.17) is 0 Å². The Morgan fingerprint density at radius 1 is 1.25 bits per heavy atom. The molecule has 0 aromatic rings. The Labute approximate surface area is 79.7 Å². The van der Waals surface area contributed by atoms with Crippen molar-refractivity contribution in [3.63, 3.8) is 0 Å². The summed E-state index contributed by atoms with van der Waals surface area (Å²) in [7, 11) is 6.96. The van der Waals surface area contributed by atoms with E-state index in [0.29, 0.717) is 0 Å². The van der Waals surface area contributed by atoms with Gasteiger partial charge in [0.25, 0.3) is 0 Å². The summed E-state index contributed by atoms with van der Waals surface area (Å²) < 4.78 is 0. The molecule has 0 atom stereocenters. The summed E-state index contributed by atoms with van der Waals surface area (Å²) in [5.41, 5.74) is 0. The van der Waals surface area contributed by atoms with E-state index in [1.165, 1.54) is 0 Å². The number of hydrogen-bond donors (Lipinski definition) is 0. The van der Waals surface area contributed by atoms with E-state index in [1.54, 1.807) is 4.90 Å². The largest absolute Gasteiger partial charge is 0.611 e. The molecule has 51 valence electrons. The summed E-state index contributed by atoms with van der Waals surface area (Å²) in [5.74, 6) is 0. The minimum absolute atomic E-state index is 0. The van der Waals surface area contributed by atoms with E-state index in [9.17, 15) is 0 Å². The van der Waals surface area contributed by atoms with Crippen molar-refractivity contribution in [1.82, 2.24) is 4.90 Å². The van der Waals surface area contributed by atoms with Gasteiger partial charge in [-0.05, 0) is 0 Å². The molecule has 0 spiro atoms. The number of hydrogen-bond acceptors (Lipinski definition) is 1. The van der Waals surface area contributed by atoms with Crippen LogP contribution in [0.25, 0.3) is 0 Å². The fraction of sp³-hybridized carbons (Fsp3) is 0.667. The Bertz CT molecular complexity index is 22.5. The Balaban J connectivity index is -0.0000000267. The van der Waals surface area contributed by atoms with Gasteiger partial charge in [0.2, 0.25) is 0 Å². The predicted molar refractivity (Wildman–Crippen MR) is 36.6 cm³/mol. The average molecular weight is 192 g/mol. The molecule has 0 aliphatic carbocycles. The molecule has 8 heavy (non-hydrogen) atoms. The molecule has 0 amide bonds. The molecular weight excluding hydrogens is 175 g/mol. The van der Waals surface area contributed by atoms with Gasteiger partial charge in [0, 0.05) is 32.7 Å². The van der Waals surface area contributed by atoms with E-state index in [-0.39, 0.29) is 47.6 Å². The molecule has 0 aliphatic rings. The average Bonchev–Trinajstić information content (AvgIpc) is 1.38. The zero-order chi connectivity index (χ0) is 4.28. The molecule has 0 aromatic heterocycles. The molecule has 0 heterocycles. The first-order valence-corrected chi connectivity index (χ1v) is 1.66. The second-order valence-corrected chi connectivity index (χ2v) is 0.987. The molecule has 2 heteroatoms. The molecule has 0 fully saturated rings. The maximum absolute atomic E-state index is 3.48. The van der Waals surface area contributed by atoms with Gasteiger partial charge in [-0.25, -0.2) is 0 Å². The SMILES string of the molecule is C.C.[CH2-]N([CH2-])CC.[Y]. The first-order valence-electron chi connectivity index (χ1n) is 1.66. The fourth-order valence-electron chi connectivity index (χ4n) is 0. The molecule has 0 rings (SSSR count). The third kappa shape index (κ3) is 27.7. The Hall–Kier alpha value is 1.06. The van der Waals surface area contributed by atoms with Gasteiger partial charge in [-0.3, -0.25) is 0 Å². The summed E-state index contributed by atoms with van der Waals surface area (Å²) in [6.45, 7) is 2.92. The van der Waals surface area contributed by atoms with Gasteiger partial charge in [-0.1, -0.05) is 28.3 Å².